The standard InChI is InChI=1S/C19H13F3N4O2/c1-26-15-8-3-2-7-13(15)16(25-26)17(27)14(10-23)18(28)24-12-6-4-5-11(9-12)19(20,21)22/h2-9,27H,1H3,(H,24,28). The Bertz CT molecular complexity index is 1140. The normalized spacial score (nSPS) is 12.4. The molecule has 0 radical (unpaired) electrons. The molecule has 3 rings (SSSR count). The van der Waals surface area contributed by atoms with Gasteiger partial charge in [-0.25, -0.2) is 0 Å². The van der Waals surface area contributed by atoms with Crippen LogP contribution < -0.4 is 5.32 Å². The molecule has 0 unspecified atom stereocenters. The van der Waals surface area contributed by atoms with E-state index in [2.05, 4.69) is 10.4 Å². The fourth-order valence-corrected chi connectivity index (χ4v) is 2.69. The molecule has 142 valence electrons. The molecule has 9 heteroatoms. The van der Waals surface area contributed by atoms with Gasteiger partial charge in [0.25, 0.3) is 5.91 Å². The summed E-state index contributed by atoms with van der Waals surface area (Å²) in [5, 5.41) is 26.6. The second kappa shape index (κ2) is 7.08. The van der Waals surface area contributed by atoms with Gasteiger partial charge in [-0.1, -0.05) is 24.3 Å². The minimum atomic E-state index is -4.58. The smallest absolute Gasteiger partial charge is 0.416 e. The summed E-state index contributed by atoms with van der Waals surface area (Å²) in [4.78, 5) is 12.4. The van der Waals surface area contributed by atoms with Crippen molar-refractivity contribution >= 4 is 28.3 Å². The van der Waals surface area contributed by atoms with Gasteiger partial charge < -0.3 is 10.4 Å². The van der Waals surface area contributed by atoms with Crippen molar-refractivity contribution in [3.05, 3.63) is 65.4 Å². The molecule has 1 aromatic heterocycles. The average molecular weight is 386 g/mol. The van der Waals surface area contributed by atoms with Gasteiger partial charge in [-0.3, -0.25) is 9.48 Å². The van der Waals surface area contributed by atoms with Crippen LogP contribution in [0.25, 0.3) is 16.7 Å². The number of aliphatic hydroxyl groups excluding tert-OH is 1. The summed E-state index contributed by atoms with van der Waals surface area (Å²) in [7, 11) is 1.63. The molecule has 2 N–H and O–H groups in total. The maximum absolute atomic E-state index is 12.8. The highest BCUT2D eigenvalue weighted by Gasteiger charge is 2.30. The SMILES string of the molecule is Cn1nc(C(O)=C(C#N)C(=O)Nc2cccc(C(F)(F)F)c2)c2ccccc21. The summed E-state index contributed by atoms with van der Waals surface area (Å²) in [6.45, 7) is 0. The summed E-state index contributed by atoms with van der Waals surface area (Å²) in [6.07, 6.45) is -4.58. The number of halogens is 3. The number of amides is 1. The van der Waals surface area contributed by atoms with Gasteiger partial charge in [0, 0.05) is 18.1 Å². The van der Waals surface area contributed by atoms with Gasteiger partial charge in [0.2, 0.25) is 0 Å². The Morgan fingerprint density at radius 1 is 1.21 bits per heavy atom. The van der Waals surface area contributed by atoms with E-state index in [0.717, 1.165) is 18.2 Å². The van der Waals surface area contributed by atoms with E-state index in [1.165, 1.54) is 10.7 Å². The number of rotatable bonds is 3. The van der Waals surface area contributed by atoms with Crippen molar-refractivity contribution in [3.8, 4) is 6.07 Å². The topological polar surface area (TPSA) is 90.9 Å². The molecule has 0 fully saturated rings. The first-order valence-corrected chi connectivity index (χ1v) is 7.96. The van der Waals surface area contributed by atoms with E-state index in [0.29, 0.717) is 10.9 Å². The van der Waals surface area contributed by atoms with Crippen molar-refractivity contribution in [2.24, 2.45) is 7.05 Å². The summed E-state index contributed by atoms with van der Waals surface area (Å²) >= 11 is 0. The number of aliphatic hydroxyl groups is 1. The first-order chi connectivity index (χ1) is 13.2. The lowest BCUT2D eigenvalue weighted by Gasteiger charge is -2.10. The maximum atomic E-state index is 12.8. The number of fused-ring (bicyclic) bond motifs is 1. The highest BCUT2D eigenvalue weighted by atomic mass is 19.4. The number of aryl methyl sites for hydroxylation is 1. The molecule has 0 saturated heterocycles. The number of hydrogen-bond donors (Lipinski definition) is 2. The molecule has 0 aliphatic heterocycles. The Morgan fingerprint density at radius 3 is 2.61 bits per heavy atom. The molecular weight excluding hydrogens is 373 g/mol. The Balaban J connectivity index is 1.98. The van der Waals surface area contributed by atoms with Gasteiger partial charge >= 0.3 is 6.18 Å². The number of carbonyl (C=O) groups is 1. The third-order valence-corrected chi connectivity index (χ3v) is 4.01. The van der Waals surface area contributed by atoms with Gasteiger partial charge in [0.1, 0.15) is 11.8 Å². The maximum Gasteiger partial charge on any atom is 0.416 e. The Morgan fingerprint density at radius 2 is 1.93 bits per heavy atom. The number of benzene rings is 2. The Labute approximate surface area is 157 Å². The molecule has 28 heavy (non-hydrogen) atoms. The number of aromatic nitrogens is 2. The first kappa shape index (κ1) is 19.0. The zero-order valence-corrected chi connectivity index (χ0v) is 14.4. The predicted molar refractivity (Wildman–Crippen MR) is 95.9 cm³/mol. The lowest BCUT2D eigenvalue weighted by molar-refractivity contribution is -0.137. The van der Waals surface area contributed by atoms with Crippen LogP contribution in [0.15, 0.2) is 54.1 Å². The number of nitrogens with zero attached hydrogens (tertiary/aromatic N) is 3. The van der Waals surface area contributed by atoms with Crippen LogP contribution in [0.3, 0.4) is 0 Å². The van der Waals surface area contributed by atoms with Gasteiger partial charge in [-0.2, -0.15) is 23.5 Å². The molecule has 1 amide bonds. The van der Waals surface area contributed by atoms with Crippen LogP contribution in [0.1, 0.15) is 11.3 Å². The van der Waals surface area contributed by atoms with Crippen LogP contribution in [0.5, 0.6) is 0 Å². The zero-order valence-electron chi connectivity index (χ0n) is 14.4. The molecule has 0 atom stereocenters. The minimum Gasteiger partial charge on any atom is -0.504 e. The molecule has 0 spiro atoms. The Hall–Kier alpha value is -3.80. The van der Waals surface area contributed by atoms with Crippen LogP contribution >= 0.6 is 0 Å². The second-order valence-electron chi connectivity index (χ2n) is 5.86. The predicted octanol–water partition coefficient (Wildman–Crippen LogP) is 4.02. The van der Waals surface area contributed by atoms with Gasteiger partial charge in [0.05, 0.1) is 11.1 Å². The third-order valence-electron chi connectivity index (χ3n) is 4.01. The van der Waals surface area contributed by atoms with E-state index >= 15 is 0 Å². The lowest BCUT2D eigenvalue weighted by Crippen LogP contribution is -2.16. The second-order valence-corrected chi connectivity index (χ2v) is 5.86. The molecular formula is C19H13F3N4O2. The van der Waals surface area contributed by atoms with Crippen molar-refractivity contribution in [1.82, 2.24) is 9.78 Å². The van der Waals surface area contributed by atoms with Crippen LogP contribution in [0.4, 0.5) is 18.9 Å². The van der Waals surface area contributed by atoms with Crippen molar-refractivity contribution in [3.63, 3.8) is 0 Å². The Kier molecular flexibility index (Phi) is 4.79. The molecule has 0 aliphatic rings. The summed E-state index contributed by atoms with van der Waals surface area (Å²) in [6, 6.07) is 12.4. The number of anilines is 1. The summed E-state index contributed by atoms with van der Waals surface area (Å²) in [5.41, 5.74) is -1.09. The van der Waals surface area contributed by atoms with E-state index in [1.807, 2.05) is 0 Å². The third kappa shape index (κ3) is 3.53. The molecule has 2 aromatic carbocycles. The molecule has 6 nitrogen and oxygen atoms in total. The van der Waals surface area contributed by atoms with E-state index in [1.54, 1.807) is 37.4 Å². The summed E-state index contributed by atoms with van der Waals surface area (Å²) < 4.78 is 39.9. The van der Waals surface area contributed by atoms with Crippen molar-refractivity contribution in [2.75, 3.05) is 5.32 Å². The minimum absolute atomic E-state index is 0.0221. The van der Waals surface area contributed by atoms with Crippen LogP contribution in [0.2, 0.25) is 0 Å². The fourth-order valence-electron chi connectivity index (χ4n) is 2.69. The largest absolute Gasteiger partial charge is 0.504 e. The van der Waals surface area contributed by atoms with Crippen molar-refractivity contribution < 1.29 is 23.1 Å². The highest BCUT2D eigenvalue weighted by Crippen LogP contribution is 2.31. The number of carbonyl (C=O) groups excluding carboxylic acids is 1. The summed E-state index contributed by atoms with van der Waals surface area (Å²) in [5.74, 6) is -1.71. The van der Waals surface area contributed by atoms with Gasteiger partial charge in [0.15, 0.2) is 11.3 Å². The van der Waals surface area contributed by atoms with E-state index in [4.69, 9.17) is 0 Å². The van der Waals surface area contributed by atoms with Crippen LogP contribution in [-0.2, 0) is 18.0 Å². The van der Waals surface area contributed by atoms with Crippen LogP contribution in [0, 0.1) is 11.3 Å². The van der Waals surface area contributed by atoms with E-state index in [9.17, 15) is 28.3 Å². The highest BCUT2D eigenvalue weighted by molar-refractivity contribution is 6.12. The van der Waals surface area contributed by atoms with Gasteiger partial charge in [-0.15, -0.1) is 0 Å². The average Bonchev–Trinajstić information content (AvgIpc) is 2.99. The number of para-hydroxylation sites is 1. The molecule has 0 aliphatic carbocycles. The molecule has 0 saturated carbocycles. The number of nitriles is 1. The monoisotopic (exact) mass is 386 g/mol. The van der Waals surface area contributed by atoms with Crippen molar-refractivity contribution in [2.45, 2.75) is 6.18 Å². The number of hydrogen-bond acceptors (Lipinski definition) is 4. The first-order valence-electron chi connectivity index (χ1n) is 7.96. The van der Waals surface area contributed by atoms with Crippen molar-refractivity contribution in [1.29, 1.82) is 5.26 Å². The molecule has 3 aromatic rings. The number of nitrogens with one attached hydrogen (secondary N) is 1. The van der Waals surface area contributed by atoms with Gasteiger partial charge in [-0.05, 0) is 24.3 Å². The number of alkyl halides is 3. The van der Waals surface area contributed by atoms with Crippen LogP contribution in [-0.4, -0.2) is 20.8 Å². The molecule has 0 bridgehead atoms. The fraction of sp³-hybridized carbons (Fsp3) is 0.105. The quantitative estimate of drug-likeness (QED) is 0.404. The zero-order chi connectivity index (χ0) is 20.5. The van der Waals surface area contributed by atoms with E-state index < -0.39 is 29.0 Å². The lowest BCUT2D eigenvalue weighted by atomic mass is 10.1. The molecule has 1 heterocycles. The van der Waals surface area contributed by atoms with E-state index in [-0.39, 0.29) is 11.4 Å².